The summed E-state index contributed by atoms with van der Waals surface area (Å²) in [6.45, 7) is 7.32. The minimum Gasteiger partial charge on any atom is -0.457 e. The molecule has 0 N–H and O–H groups in total. The van der Waals surface area contributed by atoms with Crippen molar-refractivity contribution < 1.29 is 19.1 Å². The van der Waals surface area contributed by atoms with E-state index in [0.29, 0.717) is 42.1 Å². The molecule has 0 unspecified atom stereocenters. The number of esters is 2. The van der Waals surface area contributed by atoms with E-state index in [1.165, 1.54) is 0 Å². The van der Waals surface area contributed by atoms with Crippen molar-refractivity contribution >= 4 is 35.2 Å². The topological polar surface area (TPSA) is 90.7 Å². The van der Waals surface area contributed by atoms with E-state index in [9.17, 15) is 14.4 Å². The molecule has 8 nitrogen and oxygen atoms in total. The van der Waals surface area contributed by atoms with Crippen molar-refractivity contribution in [2.24, 2.45) is 0 Å². The molecule has 0 saturated carbocycles. The number of halogens is 1. The van der Waals surface area contributed by atoms with Gasteiger partial charge in [-0.15, -0.1) is 12.4 Å². The molecule has 1 aromatic carbocycles. The number of ether oxygens (including phenoxy) is 2. The SMILES string of the molecule is CCN(CC)CC(=O)O[C@]1(CC)C(=O)OCc2c1cc1n(c2=O)Cc2cc3ccccc3nc2-1.Cl. The second kappa shape index (κ2) is 9.43. The van der Waals surface area contributed by atoms with Gasteiger partial charge in [0, 0.05) is 16.5 Å². The van der Waals surface area contributed by atoms with Crippen LogP contribution in [0.3, 0.4) is 0 Å². The lowest BCUT2D eigenvalue weighted by molar-refractivity contribution is -0.190. The minimum absolute atomic E-state index is 0. The molecule has 3 aromatic rings. The van der Waals surface area contributed by atoms with Crippen LogP contribution in [0.2, 0.25) is 0 Å². The molecule has 0 spiro atoms. The Labute approximate surface area is 209 Å². The van der Waals surface area contributed by atoms with E-state index >= 15 is 0 Å². The molecule has 0 fully saturated rings. The van der Waals surface area contributed by atoms with E-state index in [4.69, 9.17) is 14.5 Å². The fourth-order valence-corrected chi connectivity index (χ4v) is 4.94. The number of hydrogen-bond donors (Lipinski definition) is 0. The van der Waals surface area contributed by atoms with Gasteiger partial charge in [0.05, 0.1) is 35.6 Å². The number of benzene rings is 1. The Morgan fingerprint density at radius 3 is 2.63 bits per heavy atom. The van der Waals surface area contributed by atoms with Crippen molar-refractivity contribution in [1.29, 1.82) is 0 Å². The maximum Gasteiger partial charge on any atom is 0.355 e. The molecule has 0 bridgehead atoms. The van der Waals surface area contributed by atoms with Crippen molar-refractivity contribution in [3.63, 3.8) is 0 Å². The van der Waals surface area contributed by atoms with Crippen molar-refractivity contribution in [3.8, 4) is 11.4 Å². The van der Waals surface area contributed by atoms with Gasteiger partial charge in [-0.2, -0.15) is 0 Å². The molecule has 35 heavy (non-hydrogen) atoms. The summed E-state index contributed by atoms with van der Waals surface area (Å²) >= 11 is 0. The lowest BCUT2D eigenvalue weighted by Crippen LogP contribution is -2.48. The number of cyclic esters (lactones) is 1. The molecule has 2 aliphatic heterocycles. The highest BCUT2D eigenvalue weighted by Gasteiger charge is 2.50. The van der Waals surface area contributed by atoms with E-state index in [1.807, 2.05) is 49.1 Å². The van der Waals surface area contributed by atoms with Crippen LogP contribution in [0.25, 0.3) is 22.3 Å². The minimum atomic E-state index is -1.66. The first-order valence-corrected chi connectivity index (χ1v) is 11.7. The third-order valence-electron chi connectivity index (χ3n) is 6.92. The van der Waals surface area contributed by atoms with Gasteiger partial charge in [0.1, 0.15) is 6.61 Å². The van der Waals surface area contributed by atoms with Crippen LogP contribution in [0, 0.1) is 0 Å². The van der Waals surface area contributed by atoms with Crippen LogP contribution in [0.1, 0.15) is 43.9 Å². The summed E-state index contributed by atoms with van der Waals surface area (Å²) in [6, 6.07) is 11.6. The van der Waals surface area contributed by atoms with Gasteiger partial charge in [-0.3, -0.25) is 14.5 Å². The Kier molecular flexibility index (Phi) is 6.71. The Morgan fingerprint density at radius 2 is 1.91 bits per heavy atom. The fraction of sp³-hybridized carbons (Fsp3) is 0.385. The van der Waals surface area contributed by atoms with Gasteiger partial charge in [-0.1, -0.05) is 39.0 Å². The van der Waals surface area contributed by atoms with Crippen LogP contribution in [0.5, 0.6) is 0 Å². The third kappa shape index (κ3) is 3.90. The second-order valence-corrected chi connectivity index (χ2v) is 8.69. The molecule has 184 valence electrons. The second-order valence-electron chi connectivity index (χ2n) is 8.69. The highest BCUT2D eigenvalue weighted by atomic mass is 35.5. The van der Waals surface area contributed by atoms with Crippen molar-refractivity contribution in [3.05, 3.63) is 63.4 Å². The van der Waals surface area contributed by atoms with Gasteiger partial charge in [0.2, 0.25) is 5.60 Å². The zero-order valence-electron chi connectivity index (χ0n) is 20.0. The zero-order valence-corrected chi connectivity index (χ0v) is 20.8. The first-order valence-electron chi connectivity index (χ1n) is 11.7. The zero-order chi connectivity index (χ0) is 24.0. The average Bonchev–Trinajstić information content (AvgIpc) is 3.20. The highest BCUT2D eigenvalue weighted by molar-refractivity contribution is 5.88. The third-order valence-corrected chi connectivity index (χ3v) is 6.92. The number of nitrogens with zero attached hydrogens (tertiary/aromatic N) is 3. The smallest absolute Gasteiger partial charge is 0.355 e. The van der Waals surface area contributed by atoms with Crippen LogP contribution < -0.4 is 5.56 Å². The predicted molar refractivity (Wildman–Crippen MR) is 133 cm³/mol. The van der Waals surface area contributed by atoms with E-state index in [2.05, 4.69) is 0 Å². The van der Waals surface area contributed by atoms with E-state index in [0.717, 1.165) is 16.5 Å². The van der Waals surface area contributed by atoms with Gasteiger partial charge in [0.15, 0.2) is 0 Å². The summed E-state index contributed by atoms with van der Waals surface area (Å²) in [4.78, 5) is 46.2. The summed E-state index contributed by atoms with van der Waals surface area (Å²) in [7, 11) is 0. The van der Waals surface area contributed by atoms with Gasteiger partial charge in [-0.25, -0.2) is 9.78 Å². The van der Waals surface area contributed by atoms with Crippen LogP contribution in [0.15, 0.2) is 41.2 Å². The quantitative estimate of drug-likeness (QED) is 0.377. The Morgan fingerprint density at radius 1 is 1.17 bits per heavy atom. The van der Waals surface area contributed by atoms with Crippen LogP contribution in [-0.2, 0) is 37.8 Å². The van der Waals surface area contributed by atoms with Crippen molar-refractivity contribution in [2.75, 3.05) is 19.6 Å². The number of hydrogen-bond acceptors (Lipinski definition) is 7. The largest absolute Gasteiger partial charge is 0.457 e. The molecule has 1 atom stereocenters. The lowest BCUT2D eigenvalue weighted by Gasteiger charge is -2.36. The summed E-state index contributed by atoms with van der Waals surface area (Å²) < 4.78 is 12.9. The Hall–Kier alpha value is -3.23. The molecule has 2 aliphatic rings. The maximum atomic E-state index is 13.5. The predicted octanol–water partition coefficient (Wildman–Crippen LogP) is 3.39. The number of aromatic nitrogens is 2. The standard InChI is InChI=1S/C26H27N3O5.ClH/c1-4-26(34-22(30)14-28(5-2)6-3)19-12-21-23-17(11-16-9-7-8-10-20(16)27-23)13-29(21)24(31)18(19)15-33-25(26)32;/h7-12H,4-6,13-15H2,1-3H3;1H/t26-;/m0./s1. The summed E-state index contributed by atoms with van der Waals surface area (Å²) in [5, 5.41) is 0.999. The van der Waals surface area contributed by atoms with Crippen LogP contribution >= 0.6 is 12.4 Å². The van der Waals surface area contributed by atoms with E-state index < -0.39 is 17.5 Å². The molecule has 0 saturated heterocycles. The van der Waals surface area contributed by atoms with Crippen LogP contribution in [0.4, 0.5) is 0 Å². The summed E-state index contributed by atoms with van der Waals surface area (Å²) in [5.41, 5.74) is 1.93. The number of likely N-dealkylation sites (N-methyl/N-ethyl adjacent to an activating group) is 1. The van der Waals surface area contributed by atoms with Gasteiger partial charge < -0.3 is 14.0 Å². The molecule has 0 aliphatic carbocycles. The van der Waals surface area contributed by atoms with Gasteiger partial charge >= 0.3 is 11.9 Å². The normalized spacial score (nSPS) is 17.9. The Balaban J connectivity index is 0.00000289. The molecule has 0 amide bonds. The maximum absolute atomic E-state index is 13.5. The van der Waals surface area contributed by atoms with Crippen molar-refractivity contribution in [2.45, 2.75) is 45.9 Å². The molecular formula is C26H28ClN3O5. The molecule has 0 radical (unpaired) electrons. The number of pyridine rings is 2. The summed E-state index contributed by atoms with van der Waals surface area (Å²) in [6.07, 6.45) is 0.156. The molecule has 2 aromatic heterocycles. The average molecular weight is 498 g/mol. The highest BCUT2D eigenvalue weighted by Crippen LogP contribution is 2.40. The Bertz CT molecular complexity index is 1380. The first kappa shape index (κ1) is 24.9. The molecule has 5 rings (SSSR count). The van der Waals surface area contributed by atoms with Crippen LogP contribution in [-0.4, -0.2) is 46.0 Å². The van der Waals surface area contributed by atoms with Gasteiger partial charge in [0.25, 0.3) is 5.56 Å². The number of fused-ring (bicyclic) bond motifs is 5. The number of carbonyl (C=O) groups is 2. The number of rotatable bonds is 6. The molecule has 4 heterocycles. The molecular weight excluding hydrogens is 470 g/mol. The number of para-hydroxylation sites is 1. The first-order chi connectivity index (χ1) is 16.4. The lowest BCUT2D eigenvalue weighted by atomic mass is 9.85. The molecule has 9 heteroatoms. The number of carbonyl (C=O) groups excluding carboxylic acids is 2. The van der Waals surface area contributed by atoms with E-state index in [-0.39, 0.29) is 37.5 Å². The summed E-state index contributed by atoms with van der Waals surface area (Å²) in [5.74, 6) is -1.18. The van der Waals surface area contributed by atoms with Gasteiger partial charge in [-0.05, 0) is 37.7 Å². The van der Waals surface area contributed by atoms with Crippen molar-refractivity contribution in [1.82, 2.24) is 14.5 Å². The fourth-order valence-electron chi connectivity index (χ4n) is 4.94. The monoisotopic (exact) mass is 497 g/mol. The van der Waals surface area contributed by atoms with E-state index in [1.54, 1.807) is 17.6 Å².